The van der Waals surface area contributed by atoms with Crippen LogP contribution >= 0.6 is 0 Å². The summed E-state index contributed by atoms with van der Waals surface area (Å²) in [5.41, 5.74) is 0.694. The Kier molecular flexibility index (Phi) is 7.21. The molecular weight excluding hydrogens is 430 g/mol. The maximum absolute atomic E-state index is 12.8. The van der Waals surface area contributed by atoms with Crippen molar-refractivity contribution in [2.45, 2.75) is 77.3 Å². The molecule has 2 rings (SSSR count). The normalized spacial score (nSPS) is 13.5. The average Bonchev–Trinajstić information content (AvgIpc) is 3.06. The van der Waals surface area contributed by atoms with Crippen LogP contribution in [0.3, 0.4) is 0 Å². The molecule has 1 atom stereocenters. The summed E-state index contributed by atoms with van der Waals surface area (Å²) in [6.07, 6.45) is 0. The fraction of sp³-hybridized carbons (Fsp3) is 0.500. The summed E-state index contributed by atoms with van der Waals surface area (Å²) in [7, 11) is -3.94. The zero-order valence-corrected chi connectivity index (χ0v) is 20.7. The molecule has 1 heterocycles. The predicted octanol–water partition coefficient (Wildman–Crippen LogP) is 3.20. The zero-order chi connectivity index (χ0) is 24.5. The van der Waals surface area contributed by atoms with Gasteiger partial charge in [-0.15, -0.1) is 0 Å². The minimum Gasteiger partial charge on any atom is -0.326 e. The van der Waals surface area contributed by atoms with Crippen LogP contribution in [0.15, 0.2) is 35.2 Å². The summed E-state index contributed by atoms with van der Waals surface area (Å²) in [5, 5.41) is 10.0. The van der Waals surface area contributed by atoms with E-state index < -0.39 is 22.0 Å². The Bertz CT molecular complexity index is 1090. The summed E-state index contributed by atoms with van der Waals surface area (Å²) in [6.45, 7) is 14.8. The Morgan fingerprint density at radius 3 is 2.03 bits per heavy atom. The molecule has 0 unspecified atom stereocenters. The van der Waals surface area contributed by atoms with E-state index in [1.807, 2.05) is 47.6 Å². The SMILES string of the molecule is CC(=O)Nc1ccc(S(=O)(=O)N[C@@H](C)C(=O)Nc2cc(C(C)(C)C)nn2C(C)(C)C)cc1. The van der Waals surface area contributed by atoms with Crippen LogP contribution in [0.2, 0.25) is 0 Å². The number of benzene rings is 1. The monoisotopic (exact) mass is 463 g/mol. The molecule has 0 radical (unpaired) electrons. The average molecular weight is 464 g/mol. The van der Waals surface area contributed by atoms with Gasteiger partial charge in [-0.2, -0.15) is 9.82 Å². The van der Waals surface area contributed by atoms with E-state index >= 15 is 0 Å². The number of aromatic nitrogens is 2. The van der Waals surface area contributed by atoms with Crippen LogP contribution in [0.5, 0.6) is 0 Å². The molecule has 1 aromatic heterocycles. The molecule has 176 valence electrons. The van der Waals surface area contributed by atoms with Crippen molar-refractivity contribution < 1.29 is 18.0 Å². The van der Waals surface area contributed by atoms with Crippen molar-refractivity contribution in [2.24, 2.45) is 0 Å². The van der Waals surface area contributed by atoms with E-state index in [2.05, 4.69) is 20.5 Å². The second-order valence-electron chi connectivity index (χ2n) is 9.79. The van der Waals surface area contributed by atoms with Gasteiger partial charge >= 0.3 is 0 Å². The Labute approximate surface area is 190 Å². The summed E-state index contributed by atoms with van der Waals surface area (Å²) >= 11 is 0. The quantitative estimate of drug-likeness (QED) is 0.607. The van der Waals surface area contributed by atoms with Crippen LogP contribution in [0.4, 0.5) is 11.5 Å². The molecule has 0 spiro atoms. The zero-order valence-electron chi connectivity index (χ0n) is 19.9. The van der Waals surface area contributed by atoms with E-state index in [0.717, 1.165) is 5.69 Å². The van der Waals surface area contributed by atoms with E-state index in [4.69, 9.17) is 0 Å². The van der Waals surface area contributed by atoms with Crippen molar-refractivity contribution in [3.63, 3.8) is 0 Å². The van der Waals surface area contributed by atoms with Crippen LogP contribution in [0.25, 0.3) is 0 Å². The fourth-order valence-electron chi connectivity index (χ4n) is 2.86. The van der Waals surface area contributed by atoms with Crippen LogP contribution < -0.4 is 15.4 Å². The second-order valence-corrected chi connectivity index (χ2v) is 11.5. The van der Waals surface area contributed by atoms with Crippen LogP contribution in [0.1, 0.15) is 61.1 Å². The number of amides is 2. The number of nitrogens with one attached hydrogen (secondary N) is 3. The molecule has 1 aromatic carbocycles. The topological polar surface area (TPSA) is 122 Å². The Morgan fingerprint density at radius 2 is 1.56 bits per heavy atom. The van der Waals surface area contributed by atoms with E-state index in [1.54, 1.807) is 4.68 Å². The molecule has 9 nitrogen and oxygen atoms in total. The largest absolute Gasteiger partial charge is 0.326 e. The molecule has 0 saturated heterocycles. The van der Waals surface area contributed by atoms with E-state index in [-0.39, 0.29) is 21.8 Å². The van der Waals surface area contributed by atoms with Gasteiger partial charge in [0, 0.05) is 24.1 Å². The molecule has 0 aliphatic heterocycles. The first-order chi connectivity index (χ1) is 14.5. The number of carbonyl (C=O) groups excluding carboxylic acids is 2. The number of nitrogens with zero attached hydrogens (tertiary/aromatic N) is 2. The number of anilines is 2. The highest BCUT2D eigenvalue weighted by atomic mass is 32.2. The number of hydrogen-bond donors (Lipinski definition) is 3. The lowest BCUT2D eigenvalue weighted by atomic mass is 9.92. The number of carbonyl (C=O) groups is 2. The molecule has 0 aliphatic carbocycles. The lowest BCUT2D eigenvalue weighted by Crippen LogP contribution is -2.42. The van der Waals surface area contributed by atoms with Gasteiger partial charge in [-0.1, -0.05) is 20.8 Å². The smallest absolute Gasteiger partial charge is 0.243 e. The molecule has 0 aliphatic rings. The standard InChI is InChI=1S/C22H33N5O4S/c1-14(26-32(30,31)17-11-9-16(10-12-17)23-15(2)28)20(29)24-19-13-18(21(3,4)5)25-27(19)22(6,7)8/h9-14,26H,1-8H3,(H,23,28)(H,24,29)/t14-/m0/s1. The van der Waals surface area contributed by atoms with E-state index in [9.17, 15) is 18.0 Å². The third kappa shape index (κ3) is 6.39. The van der Waals surface area contributed by atoms with Gasteiger partial charge in [-0.25, -0.2) is 13.1 Å². The molecular formula is C22H33N5O4S. The highest BCUT2D eigenvalue weighted by molar-refractivity contribution is 7.89. The maximum Gasteiger partial charge on any atom is 0.243 e. The molecule has 0 bridgehead atoms. The second kappa shape index (κ2) is 9.03. The molecule has 32 heavy (non-hydrogen) atoms. The summed E-state index contributed by atoms with van der Waals surface area (Å²) in [6, 6.07) is 6.47. The van der Waals surface area contributed by atoms with Crippen molar-refractivity contribution in [1.82, 2.24) is 14.5 Å². The van der Waals surface area contributed by atoms with Crippen LogP contribution in [0, 0.1) is 0 Å². The predicted molar refractivity (Wildman–Crippen MR) is 125 cm³/mol. The van der Waals surface area contributed by atoms with Gasteiger partial charge in [0.2, 0.25) is 21.8 Å². The molecule has 10 heteroatoms. The van der Waals surface area contributed by atoms with E-state index in [0.29, 0.717) is 11.5 Å². The van der Waals surface area contributed by atoms with Gasteiger partial charge in [0.15, 0.2) is 0 Å². The Morgan fingerprint density at radius 1 is 1.00 bits per heavy atom. The molecule has 3 N–H and O–H groups in total. The first-order valence-corrected chi connectivity index (χ1v) is 11.8. The minimum atomic E-state index is -3.94. The first kappa shape index (κ1) is 25.5. The van der Waals surface area contributed by atoms with Crippen molar-refractivity contribution in [3.8, 4) is 0 Å². The van der Waals surface area contributed by atoms with Crippen molar-refractivity contribution >= 4 is 33.3 Å². The summed E-state index contributed by atoms with van der Waals surface area (Å²) in [4.78, 5) is 23.9. The maximum atomic E-state index is 12.8. The van der Waals surface area contributed by atoms with Crippen LogP contribution in [-0.2, 0) is 30.6 Å². The molecule has 2 aromatic rings. The first-order valence-electron chi connectivity index (χ1n) is 10.3. The van der Waals surface area contributed by atoms with Gasteiger partial charge in [-0.3, -0.25) is 9.59 Å². The lowest BCUT2D eigenvalue weighted by Gasteiger charge is -2.23. The lowest BCUT2D eigenvalue weighted by molar-refractivity contribution is -0.117. The van der Waals surface area contributed by atoms with Crippen molar-refractivity contribution in [1.29, 1.82) is 0 Å². The summed E-state index contributed by atoms with van der Waals surface area (Å²) in [5.74, 6) is -0.263. The number of sulfonamides is 1. The minimum absolute atomic E-state index is 0.0130. The van der Waals surface area contributed by atoms with Crippen molar-refractivity contribution in [2.75, 3.05) is 10.6 Å². The highest BCUT2D eigenvalue weighted by Crippen LogP contribution is 2.28. The molecule has 0 saturated carbocycles. The third-order valence-corrected chi connectivity index (χ3v) is 6.13. The highest BCUT2D eigenvalue weighted by Gasteiger charge is 2.28. The molecule has 0 fully saturated rings. The third-order valence-electron chi connectivity index (χ3n) is 4.57. The Hall–Kier alpha value is -2.72. The van der Waals surface area contributed by atoms with Crippen LogP contribution in [-0.4, -0.2) is 36.1 Å². The van der Waals surface area contributed by atoms with E-state index in [1.165, 1.54) is 38.1 Å². The van der Waals surface area contributed by atoms with Gasteiger partial charge < -0.3 is 10.6 Å². The number of rotatable bonds is 6. The Balaban J connectivity index is 2.19. The van der Waals surface area contributed by atoms with Gasteiger partial charge in [0.1, 0.15) is 5.82 Å². The fourth-order valence-corrected chi connectivity index (χ4v) is 4.06. The van der Waals surface area contributed by atoms with Gasteiger partial charge in [0.05, 0.1) is 22.2 Å². The number of hydrogen-bond acceptors (Lipinski definition) is 5. The molecule has 2 amide bonds. The van der Waals surface area contributed by atoms with Gasteiger partial charge in [0.25, 0.3) is 0 Å². The summed E-state index contributed by atoms with van der Waals surface area (Å²) < 4.78 is 29.5. The van der Waals surface area contributed by atoms with Crippen molar-refractivity contribution in [3.05, 3.63) is 36.0 Å². The van der Waals surface area contributed by atoms with Gasteiger partial charge in [-0.05, 0) is 52.0 Å².